The van der Waals surface area contributed by atoms with Gasteiger partial charge in [0.15, 0.2) is 0 Å². The standard InChI is InChI=1S/C23H28N2O4/c1-4-18(16-25(27)28)21(23(26)29-5-2)22(20-14-10-7-11-15-20)24-17(3)19-12-8-6-9-13-19/h6-15,17-18,24H,4-5,16H2,1-3H3/b22-21+/t17-,18-/m1/s1. The predicted octanol–water partition coefficient (Wildman–Crippen LogP) is 4.61. The topological polar surface area (TPSA) is 81.5 Å². The molecule has 6 nitrogen and oxygen atoms in total. The van der Waals surface area contributed by atoms with Gasteiger partial charge in [0.2, 0.25) is 6.54 Å². The maximum absolute atomic E-state index is 12.9. The molecule has 0 spiro atoms. The van der Waals surface area contributed by atoms with Gasteiger partial charge in [0.25, 0.3) is 0 Å². The van der Waals surface area contributed by atoms with Crippen LogP contribution >= 0.6 is 0 Å². The Morgan fingerprint density at radius 3 is 2.17 bits per heavy atom. The van der Waals surface area contributed by atoms with E-state index in [-0.39, 0.29) is 24.1 Å². The first kappa shape index (κ1) is 22.1. The lowest BCUT2D eigenvalue weighted by Gasteiger charge is -2.24. The van der Waals surface area contributed by atoms with Gasteiger partial charge in [-0.1, -0.05) is 67.6 Å². The third-order valence-electron chi connectivity index (χ3n) is 4.76. The third-order valence-corrected chi connectivity index (χ3v) is 4.76. The lowest BCUT2D eigenvalue weighted by Crippen LogP contribution is -2.28. The number of nitrogens with zero attached hydrogens (tertiary/aromatic N) is 1. The lowest BCUT2D eigenvalue weighted by molar-refractivity contribution is -0.486. The van der Waals surface area contributed by atoms with E-state index in [1.807, 2.05) is 74.5 Å². The van der Waals surface area contributed by atoms with Crippen molar-refractivity contribution < 1.29 is 14.5 Å². The van der Waals surface area contributed by atoms with Crippen LogP contribution in [-0.2, 0) is 9.53 Å². The molecule has 0 bridgehead atoms. The van der Waals surface area contributed by atoms with Crippen molar-refractivity contribution in [3.63, 3.8) is 0 Å². The normalized spacial score (nSPS) is 13.8. The average molecular weight is 396 g/mol. The van der Waals surface area contributed by atoms with Crippen LogP contribution in [0.1, 0.15) is 44.4 Å². The Morgan fingerprint density at radius 2 is 1.66 bits per heavy atom. The fourth-order valence-electron chi connectivity index (χ4n) is 3.25. The van der Waals surface area contributed by atoms with Gasteiger partial charge in [-0.3, -0.25) is 10.1 Å². The first-order valence-corrected chi connectivity index (χ1v) is 9.87. The van der Waals surface area contributed by atoms with Gasteiger partial charge in [0.05, 0.1) is 23.8 Å². The highest BCUT2D eigenvalue weighted by molar-refractivity contribution is 5.98. The van der Waals surface area contributed by atoms with Gasteiger partial charge in [0.1, 0.15) is 0 Å². The summed E-state index contributed by atoms with van der Waals surface area (Å²) in [5.41, 5.74) is 2.74. The number of hydrogen-bond acceptors (Lipinski definition) is 5. The minimum absolute atomic E-state index is 0.107. The molecule has 2 atom stereocenters. The average Bonchev–Trinajstić information content (AvgIpc) is 2.73. The monoisotopic (exact) mass is 396 g/mol. The highest BCUT2D eigenvalue weighted by Gasteiger charge is 2.30. The minimum Gasteiger partial charge on any atom is -0.463 e. The summed E-state index contributed by atoms with van der Waals surface area (Å²) in [6.45, 7) is 5.44. The largest absolute Gasteiger partial charge is 0.463 e. The summed E-state index contributed by atoms with van der Waals surface area (Å²) in [6, 6.07) is 19.2. The minimum atomic E-state index is -0.560. The van der Waals surface area contributed by atoms with E-state index in [9.17, 15) is 14.9 Å². The summed E-state index contributed by atoms with van der Waals surface area (Å²) in [6.07, 6.45) is 0.451. The number of esters is 1. The molecule has 0 aliphatic carbocycles. The molecule has 0 saturated heterocycles. The smallest absolute Gasteiger partial charge is 0.336 e. The van der Waals surface area contributed by atoms with E-state index in [0.29, 0.717) is 17.7 Å². The molecule has 29 heavy (non-hydrogen) atoms. The number of ether oxygens (including phenoxy) is 1. The van der Waals surface area contributed by atoms with Crippen LogP contribution in [0.2, 0.25) is 0 Å². The van der Waals surface area contributed by atoms with E-state index in [4.69, 9.17) is 4.74 Å². The van der Waals surface area contributed by atoms with Crippen LogP contribution in [0.4, 0.5) is 0 Å². The maximum Gasteiger partial charge on any atom is 0.336 e. The Bertz CT molecular complexity index is 834. The highest BCUT2D eigenvalue weighted by atomic mass is 16.6. The van der Waals surface area contributed by atoms with Crippen molar-refractivity contribution in [3.05, 3.63) is 87.5 Å². The summed E-state index contributed by atoms with van der Waals surface area (Å²) in [5.74, 6) is -1.08. The van der Waals surface area contributed by atoms with Crippen LogP contribution in [0.25, 0.3) is 5.70 Å². The molecular weight excluding hydrogens is 368 g/mol. The van der Waals surface area contributed by atoms with E-state index in [1.165, 1.54) is 0 Å². The van der Waals surface area contributed by atoms with Crippen molar-refractivity contribution in [2.75, 3.05) is 13.2 Å². The van der Waals surface area contributed by atoms with Crippen molar-refractivity contribution >= 4 is 11.7 Å². The van der Waals surface area contributed by atoms with Crippen LogP contribution in [0.3, 0.4) is 0 Å². The van der Waals surface area contributed by atoms with Gasteiger partial charge >= 0.3 is 5.97 Å². The van der Waals surface area contributed by atoms with Crippen LogP contribution in [0.15, 0.2) is 66.2 Å². The van der Waals surface area contributed by atoms with E-state index < -0.39 is 11.9 Å². The third kappa shape index (κ3) is 6.17. The Labute approximate surface area is 171 Å². The summed E-state index contributed by atoms with van der Waals surface area (Å²) in [4.78, 5) is 23.8. The first-order valence-electron chi connectivity index (χ1n) is 9.87. The van der Waals surface area contributed by atoms with Gasteiger partial charge in [-0.15, -0.1) is 0 Å². The molecule has 1 N–H and O–H groups in total. The van der Waals surface area contributed by atoms with Crippen molar-refractivity contribution in [1.82, 2.24) is 5.32 Å². The summed E-state index contributed by atoms with van der Waals surface area (Å²) in [7, 11) is 0. The maximum atomic E-state index is 12.9. The molecule has 2 aromatic rings. The van der Waals surface area contributed by atoms with Crippen molar-refractivity contribution in [1.29, 1.82) is 0 Å². The second-order valence-corrected chi connectivity index (χ2v) is 6.77. The van der Waals surface area contributed by atoms with Crippen LogP contribution in [0.5, 0.6) is 0 Å². The van der Waals surface area contributed by atoms with Gasteiger partial charge in [0, 0.05) is 11.0 Å². The molecule has 6 heteroatoms. The van der Waals surface area contributed by atoms with E-state index in [1.54, 1.807) is 6.92 Å². The molecule has 0 fully saturated rings. The zero-order valence-electron chi connectivity index (χ0n) is 17.1. The quantitative estimate of drug-likeness (QED) is 0.274. The number of rotatable bonds is 10. The summed E-state index contributed by atoms with van der Waals surface area (Å²) in [5, 5.41) is 14.7. The number of nitrogens with one attached hydrogen (secondary N) is 1. The van der Waals surface area contributed by atoms with Gasteiger partial charge in [-0.25, -0.2) is 4.79 Å². The van der Waals surface area contributed by atoms with E-state index in [0.717, 1.165) is 11.1 Å². The van der Waals surface area contributed by atoms with Crippen LogP contribution < -0.4 is 5.32 Å². The fraction of sp³-hybridized carbons (Fsp3) is 0.348. The van der Waals surface area contributed by atoms with Crippen molar-refractivity contribution in [2.24, 2.45) is 5.92 Å². The van der Waals surface area contributed by atoms with E-state index >= 15 is 0 Å². The number of benzene rings is 2. The molecule has 0 amide bonds. The predicted molar refractivity (Wildman–Crippen MR) is 114 cm³/mol. The molecule has 0 heterocycles. The summed E-state index contributed by atoms with van der Waals surface area (Å²) >= 11 is 0. The van der Waals surface area contributed by atoms with Gasteiger partial charge < -0.3 is 10.1 Å². The van der Waals surface area contributed by atoms with Gasteiger partial charge in [-0.2, -0.15) is 0 Å². The molecule has 2 rings (SSSR count). The molecule has 0 aliphatic rings. The Kier molecular flexibility index (Phi) is 8.40. The Morgan fingerprint density at radius 1 is 1.07 bits per heavy atom. The molecule has 0 aliphatic heterocycles. The van der Waals surface area contributed by atoms with Crippen molar-refractivity contribution in [3.8, 4) is 0 Å². The number of carbonyl (C=O) groups excluding carboxylic acids is 1. The first-order chi connectivity index (χ1) is 14.0. The number of carbonyl (C=O) groups is 1. The molecule has 0 saturated carbocycles. The zero-order valence-corrected chi connectivity index (χ0v) is 17.1. The fourth-order valence-corrected chi connectivity index (χ4v) is 3.25. The molecule has 0 radical (unpaired) electrons. The lowest BCUT2D eigenvalue weighted by atomic mass is 9.91. The Hall–Kier alpha value is -3.15. The summed E-state index contributed by atoms with van der Waals surface area (Å²) < 4.78 is 5.30. The highest BCUT2D eigenvalue weighted by Crippen LogP contribution is 2.28. The number of nitro groups is 1. The SMILES string of the molecule is CCOC(=O)/C(=C(/N[C@H](C)c1ccccc1)c1ccccc1)[C@H](CC)C[N+](=O)[O-]. The second kappa shape index (κ2) is 11.0. The second-order valence-electron chi connectivity index (χ2n) is 6.77. The van der Waals surface area contributed by atoms with Crippen LogP contribution in [-0.4, -0.2) is 24.0 Å². The molecule has 2 aromatic carbocycles. The van der Waals surface area contributed by atoms with Gasteiger partial charge in [-0.05, 0) is 31.4 Å². The number of hydrogen-bond donors (Lipinski definition) is 1. The van der Waals surface area contributed by atoms with E-state index in [2.05, 4.69) is 5.32 Å². The Balaban J connectivity index is 2.61. The molecule has 0 aromatic heterocycles. The van der Waals surface area contributed by atoms with Crippen molar-refractivity contribution in [2.45, 2.75) is 33.2 Å². The molecule has 0 unspecified atom stereocenters. The molecular formula is C23H28N2O4. The molecule has 154 valence electrons. The van der Waals surface area contributed by atoms with Crippen LogP contribution in [0, 0.1) is 16.0 Å². The zero-order chi connectivity index (χ0) is 21.2.